The minimum Gasteiger partial charge on any atom is -0.481 e. The summed E-state index contributed by atoms with van der Waals surface area (Å²) in [6, 6.07) is 15.4. The number of ether oxygens (including phenoxy) is 1. The first-order chi connectivity index (χ1) is 14.6. The summed E-state index contributed by atoms with van der Waals surface area (Å²) in [6.07, 6.45) is -0.890. The molecule has 0 saturated carbocycles. The lowest BCUT2D eigenvalue weighted by atomic mass is 10.0. The smallest absolute Gasteiger partial charge is 0.305 e. The minimum absolute atomic E-state index is 0.232. The van der Waals surface area contributed by atoms with Crippen LogP contribution in [-0.2, 0) is 28.7 Å². The summed E-state index contributed by atoms with van der Waals surface area (Å²) in [5, 5.41) is 13.6. The summed E-state index contributed by atoms with van der Waals surface area (Å²) >= 11 is 0. The quantitative estimate of drug-likeness (QED) is 0.509. The van der Waals surface area contributed by atoms with Crippen molar-refractivity contribution in [3.8, 4) is 0 Å². The number of carboxylic acid groups (broad SMARTS) is 1. The van der Waals surface area contributed by atoms with Crippen molar-refractivity contribution in [3.63, 3.8) is 0 Å². The predicted molar refractivity (Wildman–Crippen MR) is 113 cm³/mol. The van der Waals surface area contributed by atoms with Crippen LogP contribution in [0.1, 0.15) is 26.7 Å². The number of benzene rings is 2. The number of rotatable bonds is 9. The molecule has 0 radical (unpaired) electrons. The van der Waals surface area contributed by atoms with Gasteiger partial charge in [0.2, 0.25) is 11.8 Å². The number of carbonyl (C=O) groups is 5. The lowest BCUT2D eigenvalue weighted by molar-refractivity contribution is -0.147. The van der Waals surface area contributed by atoms with E-state index in [1.54, 1.807) is 0 Å². The third-order valence-corrected chi connectivity index (χ3v) is 4.12. The summed E-state index contributed by atoms with van der Waals surface area (Å²) in [5.41, 5.74) is 4.95. The molecule has 2 atom stereocenters. The zero-order valence-electron chi connectivity index (χ0n) is 17.4. The Morgan fingerprint density at radius 1 is 0.968 bits per heavy atom. The van der Waals surface area contributed by atoms with E-state index in [0.717, 1.165) is 6.92 Å². The zero-order chi connectivity index (χ0) is 23.4. The van der Waals surface area contributed by atoms with Crippen molar-refractivity contribution >= 4 is 40.3 Å². The molecule has 31 heavy (non-hydrogen) atoms. The van der Waals surface area contributed by atoms with Crippen LogP contribution in [0.5, 0.6) is 0 Å². The molecule has 2 unspecified atom stereocenters. The van der Waals surface area contributed by atoms with Gasteiger partial charge in [0.25, 0.3) is 0 Å². The van der Waals surface area contributed by atoms with Crippen LogP contribution in [0.3, 0.4) is 0 Å². The number of esters is 1. The van der Waals surface area contributed by atoms with Gasteiger partial charge in [-0.1, -0.05) is 55.5 Å². The number of carbonyl (C=O) groups excluding carboxylic acids is 4. The molecule has 2 aromatic rings. The van der Waals surface area contributed by atoms with Gasteiger partial charge in [0.15, 0.2) is 12.4 Å². The second kappa shape index (κ2) is 12.7. The number of carboxylic acids is 1. The number of aliphatic carboxylic acids is 1. The molecule has 0 aromatic heterocycles. The van der Waals surface area contributed by atoms with E-state index in [-0.39, 0.29) is 6.42 Å². The predicted octanol–water partition coefficient (Wildman–Crippen LogP) is 1.43. The Balaban J connectivity index is 0.000000391. The third-order valence-electron chi connectivity index (χ3n) is 4.12. The van der Waals surface area contributed by atoms with Crippen LogP contribution in [0.2, 0.25) is 0 Å². The van der Waals surface area contributed by atoms with Crippen molar-refractivity contribution < 1.29 is 33.8 Å². The van der Waals surface area contributed by atoms with Crippen molar-refractivity contribution in [1.29, 1.82) is 0 Å². The number of nitrogens with two attached hydrogens (primary N) is 1. The van der Waals surface area contributed by atoms with Crippen LogP contribution in [0, 0.1) is 5.92 Å². The van der Waals surface area contributed by atoms with Crippen molar-refractivity contribution in [3.05, 3.63) is 48.5 Å². The Morgan fingerprint density at radius 2 is 1.45 bits per heavy atom. The molecule has 0 aliphatic rings. The van der Waals surface area contributed by atoms with E-state index in [4.69, 9.17) is 10.8 Å². The first kappa shape index (κ1) is 25.3. The van der Waals surface area contributed by atoms with Gasteiger partial charge in [-0.2, -0.15) is 0 Å². The highest BCUT2D eigenvalue weighted by Gasteiger charge is 2.26. The standard InChI is InChI=1S/C12H18N2O7.C10H8/c1-6(3-10(13)17)12(20)14-8(4-11(18)19)9(16)5-21-7(2)15;1-2-6-10-8-4-3-7-9(10)5-1/h6,8H,3-5H2,1-2H3,(H2,13,17)(H,14,20)(H,18,19);1-8H. The Kier molecular flexibility index (Phi) is 10.4. The van der Waals surface area contributed by atoms with Crippen LogP contribution >= 0.6 is 0 Å². The average molecular weight is 430 g/mol. The van der Waals surface area contributed by atoms with Gasteiger partial charge in [-0.3, -0.25) is 24.0 Å². The van der Waals surface area contributed by atoms with Gasteiger partial charge in [-0.05, 0) is 10.8 Å². The van der Waals surface area contributed by atoms with Gasteiger partial charge < -0.3 is 20.9 Å². The molecule has 0 spiro atoms. The highest BCUT2D eigenvalue weighted by molar-refractivity contribution is 5.94. The molecular formula is C22H26N2O7. The fourth-order valence-corrected chi connectivity index (χ4v) is 2.53. The number of hydrogen-bond acceptors (Lipinski definition) is 6. The molecule has 9 nitrogen and oxygen atoms in total. The molecule has 0 aliphatic heterocycles. The second-order valence-corrected chi connectivity index (χ2v) is 6.82. The molecule has 2 rings (SSSR count). The first-order valence-corrected chi connectivity index (χ1v) is 9.50. The average Bonchev–Trinajstić information content (AvgIpc) is 2.71. The Hall–Kier alpha value is -3.75. The maximum Gasteiger partial charge on any atom is 0.305 e. The summed E-state index contributed by atoms with van der Waals surface area (Å²) in [4.78, 5) is 55.5. The zero-order valence-corrected chi connectivity index (χ0v) is 17.4. The molecule has 0 aliphatic carbocycles. The fraction of sp³-hybridized carbons (Fsp3) is 0.318. The molecule has 9 heteroatoms. The molecular weight excluding hydrogens is 404 g/mol. The maximum absolute atomic E-state index is 11.7. The minimum atomic E-state index is -1.34. The second-order valence-electron chi connectivity index (χ2n) is 6.82. The van der Waals surface area contributed by atoms with E-state index in [9.17, 15) is 24.0 Å². The number of ketones is 1. The van der Waals surface area contributed by atoms with Crippen LogP contribution in [0.25, 0.3) is 10.8 Å². The normalized spacial score (nSPS) is 11.9. The molecule has 0 fully saturated rings. The van der Waals surface area contributed by atoms with Crippen molar-refractivity contribution in [1.82, 2.24) is 5.32 Å². The van der Waals surface area contributed by atoms with Crippen molar-refractivity contribution in [2.75, 3.05) is 6.61 Å². The van der Waals surface area contributed by atoms with Crippen LogP contribution in [-0.4, -0.2) is 47.3 Å². The van der Waals surface area contributed by atoms with Gasteiger partial charge in [-0.15, -0.1) is 0 Å². The molecule has 2 amide bonds. The monoisotopic (exact) mass is 430 g/mol. The Bertz CT molecular complexity index is 877. The van der Waals surface area contributed by atoms with E-state index in [0.29, 0.717) is 0 Å². The molecule has 4 N–H and O–H groups in total. The van der Waals surface area contributed by atoms with E-state index in [1.807, 2.05) is 0 Å². The summed E-state index contributed by atoms with van der Waals surface area (Å²) in [5.74, 6) is -4.95. The Labute approximate surface area is 179 Å². The number of nitrogens with one attached hydrogen (secondary N) is 1. The highest BCUT2D eigenvalue weighted by atomic mass is 16.5. The van der Waals surface area contributed by atoms with Gasteiger partial charge in [-0.25, -0.2) is 0 Å². The van der Waals surface area contributed by atoms with E-state index in [1.165, 1.54) is 17.7 Å². The summed E-state index contributed by atoms with van der Waals surface area (Å²) in [7, 11) is 0. The van der Waals surface area contributed by atoms with Gasteiger partial charge in [0.1, 0.15) is 6.04 Å². The lowest BCUT2D eigenvalue weighted by Gasteiger charge is -2.18. The molecule has 0 saturated heterocycles. The van der Waals surface area contributed by atoms with Crippen molar-refractivity contribution in [2.24, 2.45) is 11.7 Å². The Morgan fingerprint density at radius 3 is 1.84 bits per heavy atom. The number of Topliss-reactive ketones (excluding diaryl/α,β-unsaturated/α-hetero) is 1. The summed E-state index contributed by atoms with van der Waals surface area (Å²) in [6.45, 7) is 1.86. The molecule has 0 heterocycles. The van der Waals surface area contributed by atoms with Crippen LogP contribution < -0.4 is 11.1 Å². The summed E-state index contributed by atoms with van der Waals surface area (Å²) < 4.78 is 4.47. The van der Waals surface area contributed by atoms with Gasteiger partial charge in [0, 0.05) is 19.3 Å². The third kappa shape index (κ3) is 10.0. The van der Waals surface area contributed by atoms with E-state index >= 15 is 0 Å². The molecule has 2 aromatic carbocycles. The van der Waals surface area contributed by atoms with E-state index < -0.39 is 54.5 Å². The highest BCUT2D eigenvalue weighted by Crippen LogP contribution is 2.11. The lowest BCUT2D eigenvalue weighted by Crippen LogP contribution is -2.46. The topological polar surface area (TPSA) is 153 Å². The van der Waals surface area contributed by atoms with Crippen LogP contribution in [0.15, 0.2) is 48.5 Å². The molecule has 0 bridgehead atoms. The molecule has 166 valence electrons. The van der Waals surface area contributed by atoms with Crippen molar-refractivity contribution in [2.45, 2.75) is 32.7 Å². The number of hydrogen-bond donors (Lipinski definition) is 3. The first-order valence-electron chi connectivity index (χ1n) is 9.50. The number of primary amides is 1. The SMILES string of the molecule is CC(=O)OCC(=O)C(CC(=O)O)NC(=O)C(C)CC(N)=O.c1ccc2ccccc2c1. The number of amides is 2. The van der Waals surface area contributed by atoms with Crippen LogP contribution in [0.4, 0.5) is 0 Å². The van der Waals surface area contributed by atoms with E-state index in [2.05, 4.69) is 58.6 Å². The fourth-order valence-electron chi connectivity index (χ4n) is 2.53. The van der Waals surface area contributed by atoms with Gasteiger partial charge >= 0.3 is 11.9 Å². The van der Waals surface area contributed by atoms with Gasteiger partial charge in [0.05, 0.1) is 6.42 Å². The number of fused-ring (bicyclic) bond motifs is 1. The largest absolute Gasteiger partial charge is 0.481 e. The maximum atomic E-state index is 11.7.